The van der Waals surface area contributed by atoms with Crippen LogP contribution in [0.4, 0.5) is 0 Å². The zero-order valence-corrected chi connectivity index (χ0v) is 23.1. The highest BCUT2D eigenvalue weighted by atomic mass is 79.9. The number of nitrogens with one attached hydrogen (secondary N) is 2. The number of carbonyl (C=O) groups excluding carboxylic acids is 2. The molecular formula is C32H26BrN3O3. The molecule has 0 bridgehead atoms. The summed E-state index contributed by atoms with van der Waals surface area (Å²) in [6, 6.07) is 28.3. The van der Waals surface area contributed by atoms with Gasteiger partial charge in [0.2, 0.25) is 0 Å². The summed E-state index contributed by atoms with van der Waals surface area (Å²) in [6.07, 6.45) is 2.29. The quantitative estimate of drug-likeness (QED) is 0.0908. The molecule has 0 radical (unpaired) electrons. The number of halogens is 1. The van der Waals surface area contributed by atoms with Gasteiger partial charge in [0.25, 0.3) is 5.91 Å². The van der Waals surface area contributed by atoms with Gasteiger partial charge in [-0.15, -0.1) is 0 Å². The SMILES string of the molecule is CCc1cccc2c(-c3ccccc3)c(C(=O)NN=Cc3cc(Br)ccc3OC(=O)c3ccc(C)cc3)[nH]c12. The average molecular weight is 580 g/mol. The molecule has 5 aromatic rings. The largest absolute Gasteiger partial charge is 0.422 e. The lowest BCUT2D eigenvalue weighted by Crippen LogP contribution is -2.19. The second-order valence-corrected chi connectivity index (χ2v) is 9.99. The minimum absolute atomic E-state index is 0.324. The minimum atomic E-state index is -0.478. The fraction of sp³-hybridized carbons (Fsp3) is 0.0938. The lowest BCUT2D eigenvalue weighted by Gasteiger charge is -2.08. The smallest absolute Gasteiger partial charge is 0.343 e. The fourth-order valence-corrected chi connectivity index (χ4v) is 4.80. The third-order valence-corrected chi connectivity index (χ3v) is 6.92. The van der Waals surface area contributed by atoms with E-state index in [-0.39, 0.29) is 5.91 Å². The molecule has 0 aliphatic carbocycles. The molecule has 0 saturated heterocycles. The van der Waals surface area contributed by atoms with E-state index in [1.807, 2.05) is 61.5 Å². The summed E-state index contributed by atoms with van der Waals surface area (Å²) < 4.78 is 6.42. The molecule has 39 heavy (non-hydrogen) atoms. The summed E-state index contributed by atoms with van der Waals surface area (Å²) in [5, 5.41) is 5.18. The van der Waals surface area contributed by atoms with E-state index in [9.17, 15) is 9.59 Å². The predicted octanol–water partition coefficient (Wildman–Crippen LogP) is 7.45. The van der Waals surface area contributed by atoms with Crippen molar-refractivity contribution in [1.29, 1.82) is 0 Å². The van der Waals surface area contributed by atoms with Crippen molar-refractivity contribution < 1.29 is 14.3 Å². The normalized spacial score (nSPS) is 11.2. The maximum absolute atomic E-state index is 13.4. The van der Waals surface area contributed by atoms with Gasteiger partial charge in [-0.3, -0.25) is 4.79 Å². The van der Waals surface area contributed by atoms with Crippen LogP contribution in [0.5, 0.6) is 5.75 Å². The summed E-state index contributed by atoms with van der Waals surface area (Å²) in [4.78, 5) is 29.4. The molecule has 4 aromatic carbocycles. The van der Waals surface area contributed by atoms with Crippen molar-refractivity contribution in [3.05, 3.63) is 123 Å². The molecule has 0 saturated carbocycles. The van der Waals surface area contributed by atoms with Crippen molar-refractivity contribution >= 4 is 44.9 Å². The first-order chi connectivity index (χ1) is 18.9. The first-order valence-corrected chi connectivity index (χ1v) is 13.3. The van der Waals surface area contributed by atoms with Crippen molar-refractivity contribution in [2.75, 3.05) is 0 Å². The van der Waals surface area contributed by atoms with Gasteiger partial charge in [-0.25, -0.2) is 10.2 Å². The monoisotopic (exact) mass is 579 g/mol. The number of hydrogen-bond donors (Lipinski definition) is 2. The fourth-order valence-electron chi connectivity index (χ4n) is 4.43. The topological polar surface area (TPSA) is 83.5 Å². The third-order valence-electron chi connectivity index (χ3n) is 6.42. The van der Waals surface area contributed by atoms with E-state index < -0.39 is 5.97 Å². The van der Waals surface area contributed by atoms with E-state index in [1.165, 1.54) is 6.21 Å². The number of hydrogen-bond acceptors (Lipinski definition) is 4. The second kappa shape index (κ2) is 11.5. The van der Waals surface area contributed by atoms with Crippen LogP contribution in [0, 0.1) is 6.92 Å². The minimum Gasteiger partial charge on any atom is -0.422 e. The van der Waals surface area contributed by atoms with Gasteiger partial charge in [-0.2, -0.15) is 5.10 Å². The molecule has 194 valence electrons. The van der Waals surface area contributed by atoms with Crippen molar-refractivity contribution in [2.45, 2.75) is 20.3 Å². The highest BCUT2D eigenvalue weighted by Gasteiger charge is 2.20. The zero-order valence-electron chi connectivity index (χ0n) is 21.5. The second-order valence-electron chi connectivity index (χ2n) is 9.07. The number of carbonyl (C=O) groups is 2. The number of ether oxygens (including phenoxy) is 1. The van der Waals surface area contributed by atoms with Gasteiger partial charge in [-0.05, 0) is 54.8 Å². The molecule has 7 heteroatoms. The van der Waals surface area contributed by atoms with Crippen LogP contribution < -0.4 is 10.2 Å². The number of aromatic nitrogens is 1. The Hall–Kier alpha value is -4.49. The van der Waals surface area contributed by atoms with Gasteiger partial charge >= 0.3 is 5.97 Å². The van der Waals surface area contributed by atoms with Crippen molar-refractivity contribution in [3.8, 4) is 16.9 Å². The van der Waals surface area contributed by atoms with Gasteiger partial charge in [0.15, 0.2) is 0 Å². The lowest BCUT2D eigenvalue weighted by atomic mass is 10.00. The predicted molar refractivity (Wildman–Crippen MR) is 158 cm³/mol. The standard InChI is InChI=1S/C32H26BrN3O3/c1-3-21-10-7-11-26-28(22-8-5-4-6-9-22)30(35-29(21)26)31(37)36-34-19-24-18-25(33)16-17-27(24)39-32(38)23-14-12-20(2)13-15-23/h4-19,35H,3H2,1-2H3,(H,36,37). The molecule has 6 nitrogen and oxygen atoms in total. The molecule has 0 aliphatic heterocycles. The highest BCUT2D eigenvalue weighted by Crippen LogP contribution is 2.34. The van der Waals surface area contributed by atoms with Crippen LogP contribution in [0.3, 0.4) is 0 Å². The summed E-state index contributed by atoms with van der Waals surface area (Å²) >= 11 is 3.45. The van der Waals surface area contributed by atoms with Gasteiger partial charge in [-0.1, -0.05) is 89.1 Å². The van der Waals surface area contributed by atoms with E-state index in [2.05, 4.69) is 44.4 Å². The van der Waals surface area contributed by atoms with Crippen LogP contribution in [-0.4, -0.2) is 23.1 Å². The van der Waals surface area contributed by atoms with Crippen LogP contribution in [0.1, 0.15) is 44.5 Å². The number of amides is 1. The molecule has 0 fully saturated rings. The Morgan fingerprint density at radius 3 is 2.49 bits per heavy atom. The zero-order chi connectivity index (χ0) is 27.4. The molecule has 5 rings (SSSR count). The first kappa shape index (κ1) is 26.1. The number of H-pyrrole nitrogens is 1. The number of hydrazone groups is 1. The maximum Gasteiger partial charge on any atom is 0.343 e. The molecule has 2 N–H and O–H groups in total. The van der Waals surface area contributed by atoms with Crippen LogP contribution in [-0.2, 0) is 6.42 Å². The maximum atomic E-state index is 13.4. The Balaban J connectivity index is 1.42. The van der Waals surface area contributed by atoms with Crippen molar-refractivity contribution in [3.63, 3.8) is 0 Å². The molecule has 0 atom stereocenters. The summed E-state index contributed by atoms with van der Waals surface area (Å²) in [6.45, 7) is 4.04. The molecule has 1 amide bonds. The van der Waals surface area contributed by atoms with Gasteiger partial charge in [0.1, 0.15) is 11.4 Å². The number of benzene rings is 4. The lowest BCUT2D eigenvalue weighted by molar-refractivity contribution is 0.0734. The van der Waals surface area contributed by atoms with E-state index in [0.29, 0.717) is 22.6 Å². The third kappa shape index (κ3) is 5.68. The first-order valence-electron chi connectivity index (χ1n) is 12.6. The van der Waals surface area contributed by atoms with Gasteiger partial charge in [0.05, 0.1) is 11.8 Å². The van der Waals surface area contributed by atoms with E-state index in [4.69, 9.17) is 4.74 Å². The van der Waals surface area contributed by atoms with Crippen LogP contribution in [0.15, 0.2) is 101 Å². The summed E-state index contributed by atoms with van der Waals surface area (Å²) in [7, 11) is 0. The Morgan fingerprint density at radius 1 is 0.974 bits per heavy atom. The highest BCUT2D eigenvalue weighted by molar-refractivity contribution is 9.10. The van der Waals surface area contributed by atoms with Crippen LogP contribution >= 0.6 is 15.9 Å². The van der Waals surface area contributed by atoms with Crippen molar-refractivity contribution in [1.82, 2.24) is 10.4 Å². The van der Waals surface area contributed by atoms with E-state index >= 15 is 0 Å². The summed E-state index contributed by atoms with van der Waals surface area (Å²) in [5.74, 6) is -0.533. The van der Waals surface area contributed by atoms with Gasteiger partial charge in [0, 0.05) is 26.5 Å². The molecule has 0 unspecified atom stereocenters. The summed E-state index contributed by atoms with van der Waals surface area (Å²) in [5.41, 5.74) is 8.90. The number of aromatic amines is 1. The molecule has 0 aliphatic rings. The number of nitrogens with zero attached hydrogens (tertiary/aromatic N) is 1. The molecule has 1 aromatic heterocycles. The van der Waals surface area contributed by atoms with Gasteiger partial charge < -0.3 is 9.72 Å². The van der Waals surface area contributed by atoms with Crippen LogP contribution in [0.2, 0.25) is 0 Å². The number of aryl methyl sites for hydroxylation is 2. The Labute approximate surface area is 234 Å². The number of rotatable bonds is 7. The Kier molecular flexibility index (Phi) is 7.70. The Morgan fingerprint density at radius 2 is 1.74 bits per heavy atom. The number of fused-ring (bicyclic) bond motifs is 1. The van der Waals surface area contributed by atoms with Crippen LogP contribution in [0.25, 0.3) is 22.0 Å². The molecule has 0 spiro atoms. The number of esters is 1. The van der Waals surface area contributed by atoms with E-state index in [1.54, 1.807) is 30.3 Å². The number of para-hydroxylation sites is 1. The average Bonchev–Trinajstić information content (AvgIpc) is 3.35. The molecule has 1 heterocycles. The van der Waals surface area contributed by atoms with Crippen molar-refractivity contribution in [2.24, 2.45) is 5.10 Å². The van der Waals surface area contributed by atoms with E-state index in [0.717, 1.165) is 44.1 Å². The Bertz CT molecular complexity index is 1690. The molecular weight excluding hydrogens is 554 g/mol.